The highest BCUT2D eigenvalue weighted by molar-refractivity contribution is 4.91. The van der Waals surface area contributed by atoms with Crippen molar-refractivity contribution in [2.24, 2.45) is 5.92 Å². The Labute approximate surface area is 95.9 Å². The molecule has 5 heteroatoms. The highest BCUT2D eigenvalue weighted by Gasteiger charge is 2.24. The highest BCUT2D eigenvalue weighted by atomic mass is 16.3. The van der Waals surface area contributed by atoms with Gasteiger partial charge in [0, 0.05) is 25.4 Å². The molecule has 1 aliphatic heterocycles. The number of hydrogen-bond donors (Lipinski definition) is 2. The molecule has 0 aliphatic carbocycles. The molecular weight excluding hydrogens is 204 g/mol. The summed E-state index contributed by atoms with van der Waals surface area (Å²) < 4.78 is 1.95. The molecule has 1 aromatic heterocycles. The number of aliphatic hydroxyl groups is 1. The van der Waals surface area contributed by atoms with E-state index in [1.54, 1.807) is 6.33 Å². The molecule has 90 valence electrons. The SMILES string of the molecule is CCCn1ncnc1CC1CNCCC1O. The zero-order valence-corrected chi connectivity index (χ0v) is 9.76. The normalized spacial score (nSPS) is 25.9. The molecule has 0 bridgehead atoms. The molecule has 1 aromatic rings. The van der Waals surface area contributed by atoms with Crippen molar-refractivity contribution < 1.29 is 5.11 Å². The van der Waals surface area contributed by atoms with E-state index >= 15 is 0 Å². The predicted molar refractivity (Wildman–Crippen MR) is 61.0 cm³/mol. The second-order valence-corrected chi connectivity index (χ2v) is 4.42. The fourth-order valence-electron chi connectivity index (χ4n) is 2.20. The molecule has 1 aliphatic rings. The van der Waals surface area contributed by atoms with E-state index in [9.17, 15) is 5.11 Å². The molecule has 16 heavy (non-hydrogen) atoms. The Hall–Kier alpha value is -0.940. The summed E-state index contributed by atoms with van der Waals surface area (Å²) in [5.74, 6) is 1.27. The molecule has 1 saturated heterocycles. The van der Waals surface area contributed by atoms with Gasteiger partial charge in [0.25, 0.3) is 0 Å². The summed E-state index contributed by atoms with van der Waals surface area (Å²) in [7, 11) is 0. The summed E-state index contributed by atoms with van der Waals surface area (Å²) in [4.78, 5) is 4.28. The third-order valence-corrected chi connectivity index (χ3v) is 3.14. The van der Waals surface area contributed by atoms with Gasteiger partial charge in [0.05, 0.1) is 6.10 Å². The van der Waals surface area contributed by atoms with Crippen molar-refractivity contribution in [1.29, 1.82) is 0 Å². The van der Waals surface area contributed by atoms with Gasteiger partial charge in [-0.2, -0.15) is 5.10 Å². The number of rotatable bonds is 4. The minimum absolute atomic E-state index is 0.201. The highest BCUT2D eigenvalue weighted by Crippen LogP contribution is 2.15. The van der Waals surface area contributed by atoms with E-state index in [0.29, 0.717) is 0 Å². The van der Waals surface area contributed by atoms with E-state index in [1.165, 1.54) is 0 Å². The van der Waals surface area contributed by atoms with Crippen LogP contribution in [0.5, 0.6) is 0 Å². The van der Waals surface area contributed by atoms with Gasteiger partial charge in [-0.05, 0) is 19.4 Å². The second-order valence-electron chi connectivity index (χ2n) is 4.42. The van der Waals surface area contributed by atoms with E-state index in [-0.39, 0.29) is 12.0 Å². The number of aromatic nitrogens is 3. The Morgan fingerprint density at radius 2 is 2.50 bits per heavy atom. The van der Waals surface area contributed by atoms with Crippen LogP contribution < -0.4 is 5.32 Å². The van der Waals surface area contributed by atoms with Gasteiger partial charge in [-0.1, -0.05) is 6.92 Å². The first-order valence-electron chi connectivity index (χ1n) is 6.06. The number of piperidine rings is 1. The van der Waals surface area contributed by atoms with E-state index in [4.69, 9.17) is 0 Å². The van der Waals surface area contributed by atoms with Crippen LogP contribution in [0.2, 0.25) is 0 Å². The number of nitrogens with one attached hydrogen (secondary N) is 1. The minimum atomic E-state index is -0.201. The Kier molecular flexibility index (Phi) is 3.90. The monoisotopic (exact) mass is 224 g/mol. The average molecular weight is 224 g/mol. The van der Waals surface area contributed by atoms with Crippen LogP contribution in [-0.2, 0) is 13.0 Å². The summed E-state index contributed by atoms with van der Waals surface area (Å²) in [6.07, 6.45) is 4.11. The van der Waals surface area contributed by atoms with Crippen LogP contribution in [0.25, 0.3) is 0 Å². The van der Waals surface area contributed by atoms with Crippen LogP contribution in [0, 0.1) is 5.92 Å². The second kappa shape index (κ2) is 5.41. The molecule has 0 spiro atoms. The van der Waals surface area contributed by atoms with Gasteiger partial charge in [0.15, 0.2) is 0 Å². The smallest absolute Gasteiger partial charge is 0.138 e. The summed E-state index contributed by atoms with van der Waals surface area (Å²) in [5, 5.41) is 17.4. The maximum atomic E-state index is 9.89. The van der Waals surface area contributed by atoms with E-state index in [2.05, 4.69) is 22.3 Å². The number of aryl methyl sites for hydroxylation is 1. The minimum Gasteiger partial charge on any atom is -0.393 e. The van der Waals surface area contributed by atoms with Crippen LogP contribution in [-0.4, -0.2) is 39.1 Å². The Morgan fingerprint density at radius 3 is 3.25 bits per heavy atom. The predicted octanol–water partition coefficient (Wildman–Crippen LogP) is 0.201. The van der Waals surface area contributed by atoms with Crippen molar-refractivity contribution in [1.82, 2.24) is 20.1 Å². The van der Waals surface area contributed by atoms with Gasteiger partial charge >= 0.3 is 0 Å². The maximum Gasteiger partial charge on any atom is 0.138 e. The molecule has 2 unspecified atom stereocenters. The van der Waals surface area contributed by atoms with Crippen molar-refractivity contribution in [2.75, 3.05) is 13.1 Å². The molecule has 1 fully saturated rings. The lowest BCUT2D eigenvalue weighted by molar-refractivity contribution is 0.0775. The summed E-state index contributed by atoms with van der Waals surface area (Å²) in [6.45, 7) is 4.83. The first-order valence-corrected chi connectivity index (χ1v) is 6.06. The topological polar surface area (TPSA) is 63.0 Å². The molecule has 5 nitrogen and oxygen atoms in total. The van der Waals surface area contributed by atoms with Gasteiger partial charge in [-0.25, -0.2) is 4.98 Å². The fraction of sp³-hybridized carbons (Fsp3) is 0.818. The summed E-state index contributed by atoms with van der Waals surface area (Å²) in [5.41, 5.74) is 0. The van der Waals surface area contributed by atoms with Gasteiger partial charge < -0.3 is 10.4 Å². The number of aliphatic hydroxyl groups excluding tert-OH is 1. The Bertz CT molecular complexity index is 326. The van der Waals surface area contributed by atoms with Crippen LogP contribution in [0.4, 0.5) is 0 Å². The van der Waals surface area contributed by atoms with Gasteiger partial charge in [-0.15, -0.1) is 0 Å². The summed E-state index contributed by atoms with van der Waals surface area (Å²) >= 11 is 0. The molecule has 0 saturated carbocycles. The molecule has 0 aromatic carbocycles. The van der Waals surface area contributed by atoms with Crippen LogP contribution in [0.1, 0.15) is 25.6 Å². The lowest BCUT2D eigenvalue weighted by atomic mass is 9.93. The third kappa shape index (κ3) is 2.59. The fourth-order valence-corrected chi connectivity index (χ4v) is 2.20. The third-order valence-electron chi connectivity index (χ3n) is 3.14. The van der Waals surface area contributed by atoms with Crippen molar-refractivity contribution in [2.45, 2.75) is 38.8 Å². The first-order chi connectivity index (χ1) is 7.81. The summed E-state index contributed by atoms with van der Waals surface area (Å²) in [6, 6.07) is 0. The Morgan fingerprint density at radius 1 is 1.62 bits per heavy atom. The standard InChI is InChI=1S/C11H20N4O/c1-2-5-15-11(13-8-14-15)6-9-7-12-4-3-10(9)16/h8-10,12,16H,2-7H2,1H3. The van der Waals surface area contributed by atoms with Crippen LogP contribution >= 0.6 is 0 Å². The number of hydrogen-bond acceptors (Lipinski definition) is 4. The molecule has 2 atom stereocenters. The molecule has 2 N–H and O–H groups in total. The molecule has 2 rings (SSSR count). The zero-order valence-electron chi connectivity index (χ0n) is 9.76. The first kappa shape index (κ1) is 11.5. The maximum absolute atomic E-state index is 9.89. The average Bonchev–Trinajstić information content (AvgIpc) is 2.70. The van der Waals surface area contributed by atoms with Crippen molar-refractivity contribution in [3.63, 3.8) is 0 Å². The molecule has 2 heterocycles. The van der Waals surface area contributed by atoms with Gasteiger partial charge in [0.2, 0.25) is 0 Å². The zero-order chi connectivity index (χ0) is 11.4. The lowest BCUT2D eigenvalue weighted by Gasteiger charge is -2.28. The Balaban J connectivity index is 1.99. The van der Waals surface area contributed by atoms with Crippen LogP contribution in [0.15, 0.2) is 6.33 Å². The van der Waals surface area contributed by atoms with Crippen molar-refractivity contribution >= 4 is 0 Å². The number of nitrogens with zero attached hydrogens (tertiary/aromatic N) is 3. The van der Waals surface area contributed by atoms with Crippen molar-refractivity contribution in [3.05, 3.63) is 12.2 Å². The van der Waals surface area contributed by atoms with Gasteiger partial charge in [0.1, 0.15) is 12.2 Å². The van der Waals surface area contributed by atoms with Crippen molar-refractivity contribution in [3.8, 4) is 0 Å². The molecular formula is C11H20N4O. The van der Waals surface area contributed by atoms with Gasteiger partial charge in [-0.3, -0.25) is 4.68 Å². The van der Waals surface area contributed by atoms with Crippen LogP contribution in [0.3, 0.4) is 0 Å². The molecule has 0 amide bonds. The van der Waals surface area contributed by atoms with E-state index in [0.717, 1.165) is 44.7 Å². The van der Waals surface area contributed by atoms with E-state index < -0.39 is 0 Å². The van der Waals surface area contributed by atoms with E-state index in [1.807, 2.05) is 4.68 Å². The largest absolute Gasteiger partial charge is 0.393 e. The molecule has 0 radical (unpaired) electrons. The quantitative estimate of drug-likeness (QED) is 0.767. The lowest BCUT2D eigenvalue weighted by Crippen LogP contribution is -2.41.